The van der Waals surface area contributed by atoms with Crippen molar-refractivity contribution in [2.45, 2.75) is 65.0 Å². The van der Waals surface area contributed by atoms with Crippen molar-refractivity contribution < 1.29 is 0 Å². The standard InChI is InChI=1S/C17H29N3/c1-4-11-18-14(3)15-10-12-19-17(13-15)20(5-2)16-8-6-7-9-16/h10,12-14,16,18H,4-9,11H2,1-3H3. The Balaban J connectivity index is 2.10. The highest BCUT2D eigenvalue weighted by atomic mass is 15.2. The SMILES string of the molecule is CCCNC(C)c1ccnc(N(CC)C2CCCC2)c1. The van der Waals surface area contributed by atoms with E-state index in [1.165, 1.54) is 37.7 Å². The maximum absolute atomic E-state index is 4.62. The van der Waals surface area contributed by atoms with Gasteiger partial charge in [0.1, 0.15) is 5.82 Å². The fraction of sp³-hybridized carbons (Fsp3) is 0.706. The molecule has 3 nitrogen and oxygen atoms in total. The monoisotopic (exact) mass is 275 g/mol. The molecular formula is C17H29N3. The first-order chi connectivity index (χ1) is 9.76. The number of aromatic nitrogens is 1. The van der Waals surface area contributed by atoms with Gasteiger partial charge in [-0.2, -0.15) is 0 Å². The minimum atomic E-state index is 0.402. The highest BCUT2D eigenvalue weighted by molar-refractivity contribution is 5.43. The molecule has 1 heterocycles. The van der Waals surface area contributed by atoms with Crippen LogP contribution >= 0.6 is 0 Å². The molecule has 112 valence electrons. The van der Waals surface area contributed by atoms with Gasteiger partial charge in [-0.25, -0.2) is 4.98 Å². The van der Waals surface area contributed by atoms with Crippen molar-refractivity contribution in [2.75, 3.05) is 18.0 Å². The minimum Gasteiger partial charge on any atom is -0.354 e. The first-order valence-electron chi connectivity index (χ1n) is 8.22. The fourth-order valence-electron chi connectivity index (χ4n) is 3.16. The predicted molar refractivity (Wildman–Crippen MR) is 86.2 cm³/mol. The van der Waals surface area contributed by atoms with E-state index in [0.29, 0.717) is 12.1 Å². The van der Waals surface area contributed by atoms with Gasteiger partial charge >= 0.3 is 0 Å². The number of hydrogen-bond acceptors (Lipinski definition) is 3. The van der Waals surface area contributed by atoms with Gasteiger partial charge < -0.3 is 10.2 Å². The summed E-state index contributed by atoms with van der Waals surface area (Å²) in [6.07, 6.45) is 8.52. The third kappa shape index (κ3) is 3.72. The Kier molecular flexibility index (Phi) is 5.84. The molecule has 1 aromatic rings. The third-order valence-corrected chi connectivity index (χ3v) is 4.37. The van der Waals surface area contributed by atoms with Gasteiger partial charge in [-0.3, -0.25) is 0 Å². The molecule has 1 aliphatic rings. The number of nitrogens with zero attached hydrogens (tertiary/aromatic N) is 2. The Hall–Kier alpha value is -1.09. The highest BCUT2D eigenvalue weighted by Crippen LogP contribution is 2.28. The van der Waals surface area contributed by atoms with E-state index < -0.39 is 0 Å². The third-order valence-electron chi connectivity index (χ3n) is 4.37. The minimum absolute atomic E-state index is 0.402. The molecule has 1 unspecified atom stereocenters. The quantitative estimate of drug-likeness (QED) is 0.817. The van der Waals surface area contributed by atoms with Gasteiger partial charge in [0.25, 0.3) is 0 Å². The van der Waals surface area contributed by atoms with Crippen LogP contribution in [0.15, 0.2) is 18.3 Å². The molecule has 2 rings (SSSR count). The van der Waals surface area contributed by atoms with Crippen LogP contribution in [0, 0.1) is 0 Å². The molecule has 0 aliphatic heterocycles. The van der Waals surface area contributed by atoms with Gasteiger partial charge in [0, 0.05) is 24.8 Å². The number of nitrogens with one attached hydrogen (secondary N) is 1. The lowest BCUT2D eigenvalue weighted by Crippen LogP contribution is -2.33. The van der Waals surface area contributed by atoms with Crippen molar-refractivity contribution >= 4 is 5.82 Å². The molecule has 0 saturated heterocycles. The molecule has 20 heavy (non-hydrogen) atoms. The normalized spacial score (nSPS) is 17.4. The molecule has 0 aromatic carbocycles. The zero-order chi connectivity index (χ0) is 14.4. The molecule has 1 N–H and O–H groups in total. The zero-order valence-electron chi connectivity index (χ0n) is 13.2. The molecule has 1 aromatic heterocycles. The van der Waals surface area contributed by atoms with Crippen molar-refractivity contribution in [1.82, 2.24) is 10.3 Å². The number of rotatable bonds is 7. The Morgan fingerprint density at radius 1 is 1.35 bits per heavy atom. The average Bonchev–Trinajstić information content (AvgIpc) is 3.00. The van der Waals surface area contributed by atoms with Crippen molar-refractivity contribution in [2.24, 2.45) is 0 Å². The van der Waals surface area contributed by atoms with Gasteiger partial charge in [-0.1, -0.05) is 19.8 Å². The molecule has 1 fully saturated rings. The van der Waals surface area contributed by atoms with E-state index in [4.69, 9.17) is 0 Å². The summed E-state index contributed by atoms with van der Waals surface area (Å²) in [6, 6.07) is 5.51. The molecule has 0 radical (unpaired) electrons. The zero-order valence-corrected chi connectivity index (χ0v) is 13.2. The maximum atomic E-state index is 4.62. The fourth-order valence-corrected chi connectivity index (χ4v) is 3.16. The van der Waals surface area contributed by atoms with E-state index in [2.05, 4.69) is 48.1 Å². The lowest BCUT2D eigenvalue weighted by Gasteiger charge is -2.29. The van der Waals surface area contributed by atoms with E-state index in [1.807, 2.05) is 6.20 Å². The van der Waals surface area contributed by atoms with E-state index in [9.17, 15) is 0 Å². The smallest absolute Gasteiger partial charge is 0.129 e. The van der Waals surface area contributed by atoms with Crippen LogP contribution in [0.5, 0.6) is 0 Å². The second kappa shape index (κ2) is 7.63. The van der Waals surface area contributed by atoms with Crippen LogP contribution in [0.4, 0.5) is 5.82 Å². The summed E-state index contributed by atoms with van der Waals surface area (Å²) in [4.78, 5) is 7.11. The van der Waals surface area contributed by atoms with E-state index in [1.54, 1.807) is 0 Å². The number of anilines is 1. The molecule has 0 amide bonds. The molecule has 1 saturated carbocycles. The first kappa shape index (κ1) is 15.3. The Morgan fingerprint density at radius 2 is 2.10 bits per heavy atom. The van der Waals surface area contributed by atoms with Gasteiger partial charge in [0.2, 0.25) is 0 Å². The summed E-state index contributed by atoms with van der Waals surface area (Å²) in [5.74, 6) is 1.15. The van der Waals surface area contributed by atoms with Crippen LogP contribution in [-0.4, -0.2) is 24.1 Å². The van der Waals surface area contributed by atoms with Gasteiger partial charge in [0.15, 0.2) is 0 Å². The molecule has 1 aliphatic carbocycles. The van der Waals surface area contributed by atoms with Crippen LogP contribution < -0.4 is 10.2 Å². The highest BCUT2D eigenvalue weighted by Gasteiger charge is 2.22. The van der Waals surface area contributed by atoms with Crippen LogP contribution in [-0.2, 0) is 0 Å². The van der Waals surface area contributed by atoms with Crippen LogP contribution in [0.3, 0.4) is 0 Å². The van der Waals surface area contributed by atoms with Crippen molar-refractivity contribution in [1.29, 1.82) is 0 Å². The van der Waals surface area contributed by atoms with Crippen LogP contribution in [0.25, 0.3) is 0 Å². The van der Waals surface area contributed by atoms with Crippen molar-refractivity contribution in [3.63, 3.8) is 0 Å². The second-order valence-electron chi connectivity index (χ2n) is 5.85. The molecule has 0 spiro atoms. The van der Waals surface area contributed by atoms with Crippen molar-refractivity contribution in [3.8, 4) is 0 Å². The van der Waals surface area contributed by atoms with E-state index >= 15 is 0 Å². The maximum Gasteiger partial charge on any atom is 0.129 e. The Labute approximate surface area is 123 Å². The van der Waals surface area contributed by atoms with Gasteiger partial charge in [-0.05, 0) is 57.4 Å². The largest absolute Gasteiger partial charge is 0.354 e. The molecule has 0 bridgehead atoms. The molecular weight excluding hydrogens is 246 g/mol. The van der Waals surface area contributed by atoms with Gasteiger partial charge in [-0.15, -0.1) is 0 Å². The molecule has 1 atom stereocenters. The summed E-state index contributed by atoms with van der Waals surface area (Å²) in [5.41, 5.74) is 1.35. The summed E-state index contributed by atoms with van der Waals surface area (Å²) in [7, 11) is 0. The second-order valence-corrected chi connectivity index (χ2v) is 5.85. The average molecular weight is 275 g/mol. The lowest BCUT2D eigenvalue weighted by atomic mass is 10.1. The lowest BCUT2D eigenvalue weighted by molar-refractivity contribution is 0.568. The Bertz CT molecular complexity index is 399. The number of pyridine rings is 1. The summed E-state index contributed by atoms with van der Waals surface area (Å²) in [5, 5.41) is 3.56. The van der Waals surface area contributed by atoms with E-state index in [0.717, 1.165) is 18.9 Å². The van der Waals surface area contributed by atoms with Crippen LogP contribution in [0.2, 0.25) is 0 Å². The Morgan fingerprint density at radius 3 is 2.75 bits per heavy atom. The topological polar surface area (TPSA) is 28.2 Å². The van der Waals surface area contributed by atoms with Crippen LogP contribution in [0.1, 0.15) is 64.5 Å². The first-order valence-corrected chi connectivity index (χ1v) is 8.22. The number of hydrogen-bond donors (Lipinski definition) is 1. The summed E-state index contributed by atoms with van der Waals surface area (Å²) < 4.78 is 0. The predicted octanol–water partition coefficient (Wildman–Crippen LogP) is 3.91. The van der Waals surface area contributed by atoms with Crippen molar-refractivity contribution in [3.05, 3.63) is 23.9 Å². The van der Waals surface area contributed by atoms with E-state index in [-0.39, 0.29) is 0 Å². The van der Waals surface area contributed by atoms with Gasteiger partial charge in [0.05, 0.1) is 0 Å². The summed E-state index contributed by atoms with van der Waals surface area (Å²) in [6.45, 7) is 8.81. The molecule has 3 heteroatoms. The summed E-state index contributed by atoms with van der Waals surface area (Å²) >= 11 is 0.